The third-order valence-electron chi connectivity index (χ3n) is 3.09. The van der Waals surface area contributed by atoms with Gasteiger partial charge in [-0.1, -0.05) is 11.6 Å². The second-order valence-electron chi connectivity index (χ2n) is 4.62. The van der Waals surface area contributed by atoms with Crippen LogP contribution in [0.1, 0.15) is 12.5 Å². The maximum Gasteiger partial charge on any atom is 0.270 e. The lowest BCUT2D eigenvalue weighted by atomic mass is 10.1. The normalized spacial score (nSPS) is 19.8. The van der Waals surface area contributed by atoms with E-state index in [4.69, 9.17) is 11.6 Å². The minimum atomic E-state index is -0.428. The number of piperazine rings is 1. The molecule has 7 heteroatoms. The summed E-state index contributed by atoms with van der Waals surface area (Å²) in [6, 6.07) is 5.14. The molecule has 1 N–H and O–H groups in total. The van der Waals surface area contributed by atoms with Crippen molar-refractivity contribution in [2.75, 3.05) is 19.6 Å². The highest BCUT2D eigenvalue weighted by Crippen LogP contribution is 2.23. The number of halogens is 2. The summed E-state index contributed by atoms with van der Waals surface area (Å²) in [4.78, 5) is 12.5. The standard InChI is InChI=1S/C12H16ClN3O2.ClH/c1-9-7-15(5-4-14-9)8-10-2-3-11(16(17)18)6-12(10)13;/h2-3,6,9,14H,4-5,7-8H2,1H3;1H/t9-;/m1./s1. The molecule has 1 heterocycles. The highest BCUT2D eigenvalue weighted by atomic mass is 35.5. The number of hydrogen-bond acceptors (Lipinski definition) is 4. The van der Waals surface area contributed by atoms with Gasteiger partial charge in [0.1, 0.15) is 0 Å². The molecule has 0 saturated carbocycles. The smallest absolute Gasteiger partial charge is 0.270 e. The van der Waals surface area contributed by atoms with Crippen LogP contribution in [0.3, 0.4) is 0 Å². The molecule has 0 amide bonds. The van der Waals surface area contributed by atoms with E-state index in [1.165, 1.54) is 12.1 Å². The molecule has 1 aliphatic rings. The predicted octanol–water partition coefficient (Wildman–Crippen LogP) is 2.46. The number of non-ortho nitro benzene ring substituents is 1. The lowest BCUT2D eigenvalue weighted by Gasteiger charge is -2.31. The van der Waals surface area contributed by atoms with Crippen LogP contribution in [0.5, 0.6) is 0 Å². The molecule has 0 unspecified atom stereocenters. The first-order valence-corrected chi connectivity index (χ1v) is 6.32. The maximum absolute atomic E-state index is 10.6. The Bertz CT molecular complexity index is 457. The SMILES string of the molecule is C[C@@H]1CN(Cc2ccc([N+](=O)[O-])cc2Cl)CCN1.Cl. The lowest BCUT2D eigenvalue weighted by Crippen LogP contribution is -2.48. The quantitative estimate of drug-likeness (QED) is 0.688. The Labute approximate surface area is 123 Å². The molecule has 0 aliphatic carbocycles. The number of nitro benzene ring substituents is 1. The fraction of sp³-hybridized carbons (Fsp3) is 0.500. The average Bonchev–Trinajstić information content (AvgIpc) is 2.31. The summed E-state index contributed by atoms with van der Waals surface area (Å²) in [6.45, 7) is 5.78. The molecular formula is C12H17Cl2N3O2. The minimum Gasteiger partial charge on any atom is -0.312 e. The summed E-state index contributed by atoms with van der Waals surface area (Å²) in [5, 5.41) is 14.5. The van der Waals surface area contributed by atoms with Gasteiger partial charge >= 0.3 is 0 Å². The first-order valence-electron chi connectivity index (χ1n) is 5.95. The van der Waals surface area contributed by atoms with Crippen molar-refractivity contribution in [2.24, 2.45) is 0 Å². The average molecular weight is 306 g/mol. The summed E-state index contributed by atoms with van der Waals surface area (Å²) in [6.07, 6.45) is 0. The van der Waals surface area contributed by atoms with Crippen molar-refractivity contribution in [3.63, 3.8) is 0 Å². The third kappa shape index (κ3) is 4.31. The molecule has 1 saturated heterocycles. The van der Waals surface area contributed by atoms with E-state index in [1.54, 1.807) is 6.07 Å². The lowest BCUT2D eigenvalue weighted by molar-refractivity contribution is -0.384. The Morgan fingerprint density at radius 3 is 2.89 bits per heavy atom. The number of hydrogen-bond donors (Lipinski definition) is 1. The van der Waals surface area contributed by atoms with E-state index in [-0.39, 0.29) is 18.1 Å². The Morgan fingerprint density at radius 1 is 1.58 bits per heavy atom. The number of benzene rings is 1. The molecule has 2 rings (SSSR count). The van der Waals surface area contributed by atoms with Crippen LogP contribution >= 0.6 is 24.0 Å². The fourth-order valence-corrected chi connectivity index (χ4v) is 2.41. The number of nitrogens with zero attached hydrogens (tertiary/aromatic N) is 2. The van der Waals surface area contributed by atoms with E-state index in [0.29, 0.717) is 11.1 Å². The van der Waals surface area contributed by atoms with Crippen LogP contribution in [-0.4, -0.2) is 35.5 Å². The Hall–Kier alpha value is -0.880. The van der Waals surface area contributed by atoms with Crippen LogP contribution in [0.2, 0.25) is 5.02 Å². The molecular weight excluding hydrogens is 289 g/mol. The summed E-state index contributed by atoms with van der Waals surface area (Å²) in [7, 11) is 0. The van der Waals surface area contributed by atoms with Crippen molar-refractivity contribution in [1.82, 2.24) is 10.2 Å². The Morgan fingerprint density at radius 2 is 2.32 bits per heavy atom. The first kappa shape index (κ1) is 16.2. The van der Waals surface area contributed by atoms with Gasteiger partial charge in [0.05, 0.1) is 9.95 Å². The largest absolute Gasteiger partial charge is 0.312 e. The van der Waals surface area contributed by atoms with Crippen LogP contribution in [-0.2, 0) is 6.54 Å². The highest BCUT2D eigenvalue weighted by molar-refractivity contribution is 6.31. The molecule has 106 valence electrons. The molecule has 0 spiro atoms. The van der Waals surface area contributed by atoms with Crippen molar-refractivity contribution < 1.29 is 4.92 Å². The van der Waals surface area contributed by atoms with Crippen LogP contribution < -0.4 is 5.32 Å². The molecule has 19 heavy (non-hydrogen) atoms. The fourth-order valence-electron chi connectivity index (χ4n) is 2.17. The second-order valence-corrected chi connectivity index (χ2v) is 5.03. The van der Waals surface area contributed by atoms with E-state index in [0.717, 1.165) is 31.7 Å². The summed E-state index contributed by atoms with van der Waals surface area (Å²) < 4.78 is 0. The van der Waals surface area contributed by atoms with Crippen molar-refractivity contribution in [1.29, 1.82) is 0 Å². The van der Waals surface area contributed by atoms with Crippen molar-refractivity contribution >= 4 is 29.7 Å². The zero-order valence-corrected chi connectivity index (χ0v) is 12.2. The molecule has 0 bridgehead atoms. The van der Waals surface area contributed by atoms with Gasteiger partial charge in [0.2, 0.25) is 0 Å². The third-order valence-corrected chi connectivity index (χ3v) is 3.45. The van der Waals surface area contributed by atoms with E-state index in [2.05, 4.69) is 17.1 Å². The van der Waals surface area contributed by atoms with E-state index in [1.807, 2.05) is 0 Å². The van der Waals surface area contributed by atoms with Gasteiger partial charge in [-0.25, -0.2) is 0 Å². The van der Waals surface area contributed by atoms with Gasteiger partial charge in [-0.3, -0.25) is 15.0 Å². The van der Waals surface area contributed by atoms with Gasteiger partial charge in [0, 0.05) is 44.4 Å². The number of rotatable bonds is 3. The van der Waals surface area contributed by atoms with Crippen molar-refractivity contribution in [3.8, 4) is 0 Å². The molecule has 0 radical (unpaired) electrons. The van der Waals surface area contributed by atoms with Crippen LogP contribution in [0.15, 0.2) is 18.2 Å². The molecule has 1 atom stereocenters. The van der Waals surface area contributed by atoms with Gasteiger partial charge in [-0.05, 0) is 18.6 Å². The molecule has 1 aromatic carbocycles. The van der Waals surface area contributed by atoms with Crippen LogP contribution in [0, 0.1) is 10.1 Å². The van der Waals surface area contributed by atoms with Gasteiger partial charge in [0.25, 0.3) is 5.69 Å². The summed E-state index contributed by atoms with van der Waals surface area (Å²) in [5.41, 5.74) is 0.980. The van der Waals surface area contributed by atoms with Crippen LogP contribution in [0.25, 0.3) is 0 Å². The molecule has 1 aromatic rings. The Kier molecular flexibility index (Phi) is 6.00. The van der Waals surface area contributed by atoms with Gasteiger partial charge in [0.15, 0.2) is 0 Å². The molecule has 1 fully saturated rings. The first-order chi connectivity index (χ1) is 8.56. The Balaban J connectivity index is 0.00000180. The van der Waals surface area contributed by atoms with E-state index >= 15 is 0 Å². The number of nitrogens with one attached hydrogen (secondary N) is 1. The van der Waals surface area contributed by atoms with Crippen molar-refractivity contribution in [2.45, 2.75) is 19.5 Å². The van der Waals surface area contributed by atoms with E-state index < -0.39 is 4.92 Å². The van der Waals surface area contributed by atoms with Gasteiger partial charge in [-0.2, -0.15) is 0 Å². The molecule has 0 aromatic heterocycles. The maximum atomic E-state index is 10.6. The second kappa shape index (κ2) is 7.05. The molecule has 1 aliphatic heterocycles. The predicted molar refractivity (Wildman–Crippen MR) is 78.1 cm³/mol. The topological polar surface area (TPSA) is 58.4 Å². The van der Waals surface area contributed by atoms with Crippen molar-refractivity contribution in [3.05, 3.63) is 38.9 Å². The monoisotopic (exact) mass is 305 g/mol. The van der Waals surface area contributed by atoms with Crippen LogP contribution in [0.4, 0.5) is 5.69 Å². The molecule has 5 nitrogen and oxygen atoms in total. The van der Waals surface area contributed by atoms with Gasteiger partial charge in [-0.15, -0.1) is 12.4 Å². The zero-order chi connectivity index (χ0) is 13.1. The number of nitro groups is 1. The van der Waals surface area contributed by atoms with E-state index in [9.17, 15) is 10.1 Å². The summed E-state index contributed by atoms with van der Waals surface area (Å²) >= 11 is 6.08. The summed E-state index contributed by atoms with van der Waals surface area (Å²) in [5.74, 6) is 0. The highest BCUT2D eigenvalue weighted by Gasteiger charge is 2.17. The zero-order valence-electron chi connectivity index (χ0n) is 10.6. The minimum absolute atomic E-state index is 0. The van der Waals surface area contributed by atoms with Gasteiger partial charge < -0.3 is 5.32 Å².